The highest BCUT2D eigenvalue weighted by atomic mass is 32.2. The van der Waals surface area contributed by atoms with Crippen LogP contribution in [0, 0.1) is 0 Å². The standard InChI is InChI=1S/C18H21N5O2S/c1-23-17(14-10-19-15-7-3-2-6-13(14)15)21-22-18(23)26-11-16(24)20-9-12-5-4-8-25-12/h2-3,6-7,10,12,19H,4-5,8-9,11H2,1H3,(H,20,24). The first-order valence-electron chi connectivity index (χ1n) is 8.69. The molecule has 1 amide bonds. The van der Waals surface area contributed by atoms with Crippen molar-refractivity contribution < 1.29 is 9.53 Å². The molecule has 4 rings (SSSR count). The van der Waals surface area contributed by atoms with Gasteiger partial charge < -0.3 is 19.6 Å². The lowest BCUT2D eigenvalue weighted by molar-refractivity contribution is -0.119. The zero-order chi connectivity index (χ0) is 17.9. The van der Waals surface area contributed by atoms with E-state index >= 15 is 0 Å². The fourth-order valence-electron chi connectivity index (χ4n) is 3.15. The molecule has 3 heterocycles. The minimum Gasteiger partial charge on any atom is -0.376 e. The summed E-state index contributed by atoms with van der Waals surface area (Å²) >= 11 is 1.39. The molecule has 2 N–H and O–H groups in total. The Bertz CT molecular complexity index is 913. The van der Waals surface area contributed by atoms with E-state index in [0.29, 0.717) is 12.3 Å². The highest BCUT2D eigenvalue weighted by molar-refractivity contribution is 7.99. The van der Waals surface area contributed by atoms with Gasteiger partial charge in [0.05, 0.1) is 11.9 Å². The Hall–Kier alpha value is -2.32. The van der Waals surface area contributed by atoms with Crippen molar-refractivity contribution in [1.29, 1.82) is 0 Å². The maximum absolute atomic E-state index is 12.0. The maximum Gasteiger partial charge on any atom is 0.230 e. The molecule has 1 aliphatic rings. The van der Waals surface area contributed by atoms with E-state index in [1.807, 2.05) is 36.0 Å². The van der Waals surface area contributed by atoms with Gasteiger partial charge in [0.2, 0.25) is 5.91 Å². The second kappa shape index (κ2) is 7.51. The molecule has 1 aliphatic heterocycles. The quantitative estimate of drug-likeness (QED) is 0.650. The summed E-state index contributed by atoms with van der Waals surface area (Å²) in [6.07, 6.45) is 4.19. The molecule has 1 saturated heterocycles. The van der Waals surface area contributed by atoms with Gasteiger partial charge in [-0.05, 0) is 18.9 Å². The van der Waals surface area contributed by atoms with E-state index in [2.05, 4.69) is 26.6 Å². The van der Waals surface area contributed by atoms with Crippen LogP contribution in [0.1, 0.15) is 12.8 Å². The summed E-state index contributed by atoms with van der Waals surface area (Å²) in [6.45, 7) is 1.38. The van der Waals surface area contributed by atoms with Crippen molar-refractivity contribution in [2.75, 3.05) is 18.9 Å². The predicted molar refractivity (Wildman–Crippen MR) is 101 cm³/mol. The number of hydrogen-bond donors (Lipinski definition) is 2. The molecule has 0 radical (unpaired) electrons. The molecule has 3 aromatic rings. The Labute approximate surface area is 155 Å². The zero-order valence-corrected chi connectivity index (χ0v) is 15.4. The SMILES string of the molecule is Cn1c(SCC(=O)NCC2CCCO2)nnc1-c1c[nH]c2ccccc12. The molecule has 1 atom stereocenters. The Morgan fingerprint density at radius 1 is 1.42 bits per heavy atom. The number of nitrogens with zero attached hydrogens (tertiary/aromatic N) is 3. The molecule has 0 saturated carbocycles. The van der Waals surface area contributed by atoms with E-state index in [4.69, 9.17) is 4.74 Å². The van der Waals surface area contributed by atoms with Gasteiger partial charge >= 0.3 is 0 Å². The lowest BCUT2D eigenvalue weighted by Gasteiger charge is -2.10. The molecular weight excluding hydrogens is 350 g/mol. The topological polar surface area (TPSA) is 84.8 Å². The van der Waals surface area contributed by atoms with E-state index in [9.17, 15) is 4.79 Å². The lowest BCUT2D eigenvalue weighted by Crippen LogP contribution is -2.32. The van der Waals surface area contributed by atoms with E-state index in [1.54, 1.807) is 0 Å². The summed E-state index contributed by atoms with van der Waals surface area (Å²) in [4.78, 5) is 15.3. The number of carbonyl (C=O) groups is 1. The number of fused-ring (bicyclic) bond motifs is 1. The first-order valence-corrected chi connectivity index (χ1v) is 9.68. The van der Waals surface area contributed by atoms with Crippen LogP contribution in [0.5, 0.6) is 0 Å². The molecule has 26 heavy (non-hydrogen) atoms. The summed E-state index contributed by atoms with van der Waals surface area (Å²) in [6, 6.07) is 8.09. The molecule has 8 heteroatoms. The van der Waals surface area contributed by atoms with Crippen molar-refractivity contribution in [3.63, 3.8) is 0 Å². The summed E-state index contributed by atoms with van der Waals surface area (Å²) in [7, 11) is 1.92. The number of amides is 1. The number of nitrogens with one attached hydrogen (secondary N) is 2. The molecular formula is C18H21N5O2S. The number of hydrogen-bond acceptors (Lipinski definition) is 5. The van der Waals surface area contributed by atoms with Crippen molar-refractivity contribution in [3.8, 4) is 11.4 Å². The number of rotatable bonds is 6. The minimum absolute atomic E-state index is 0.0119. The molecule has 2 aromatic heterocycles. The summed E-state index contributed by atoms with van der Waals surface area (Å²) < 4.78 is 7.44. The van der Waals surface area contributed by atoms with Crippen LogP contribution in [-0.4, -0.2) is 50.7 Å². The van der Waals surface area contributed by atoms with Gasteiger partial charge in [0.25, 0.3) is 0 Å². The van der Waals surface area contributed by atoms with Crippen LogP contribution < -0.4 is 5.32 Å². The first kappa shape index (κ1) is 17.1. The smallest absolute Gasteiger partial charge is 0.230 e. The van der Waals surface area contributed by atoms with Crippen molar-refractivity contribution in [2.45, 2.75) is 24.1 Å². The van der Waals surface area contributed by atoms with Crippen molar-refractivity contribution in [1.82, 2.24) is 25.1 Å². The third kappa shape index (κ3) is 3.47. The van der Waals surface area contributed by atoms with Crippen LogP contribution in [-0.2, 0) is 16.6 Å². The largest absolute Gasteiger partial charge is 0.376 e. The molecule has 0 aliphatic carbocycles. The second-order valence-electron chi connectivity index (χ2n) is 6.34. The van der Waals surface area contributed by atoms with E-state index in [1.165, 1.54) is 11.8 Å². The van der Waals surface area contributed by atoms with Crippen molar-refractivity contribution in [3.05, 3.63) is 30.5 Å². The number of aromatic amines is 1. The summed E-state index contributed by atoms with van der Waals surface area (Å²) in [5.74, 6) is 1.08. The number of para-hydroxylation sites is 1. The molecule has 1 unspecified atom stereocenters. The molecule has 136 valence electrons. The van der Waals surface area contributed by atoms with Crippen molar-refractivity contribution >= 4 is 28.6 Å². The summed E-state index contributed by atoms with van der Waals surface area (Å²) in [5.41, 5.74) is 2.07. The monoisotopic (exact) mass is 371 g/mol. The maximum atomic E-state index is 12.0. The van der Waals surface area contributed by atoms with Gasteiger partial charge in [-0.2, -0.15) is 0 Å². The third-order valence-corrected chi connectivity index (χ3v) is 5.57. The number of H-pyrrole nitrogens is 1. The number of thioether (sulfide) groups is 1. The number of benzene rings is 1. The average Bonchev–Trinajstić information content (AvgIpc) is 3.38. The van der Waals surface area contributed by atoms with Crippen LogP contribution in [0.4, 0.5) is 0 Å². The van der Waals surface area contributed by atoms with Gasteiger partial charge in [-0.15, -0.1) is 10.2 Å². The highest BCUT2D eigenvalue weighted by Gasteiger charge is 2.18. The average molecular weight is 371 g/mol. The predicted octanol–water partition coefficient (Wildman–Crippen LogP) is 2.35. The van der Waals surface area contributed by atoms with E-state index in [0.717, 1.165) is 46.9 Å². The van der Waals surface area contributed by atoms with Gasteiger partial charge in [-0.3, -0.25) is 4.79 Å². The van der Waals surface area contributed by atoms with Gasteiger partial charge in [0, 0.05) is 42.9 Å². The molecule has 1 aromatic carbocycles. The van der Waals surface area contributed by atoms with E-state index < -0.39 is 0 Å². The fourth-order valence-corrected chi connectivity index (χ4v) is 3.89. The number of aromatic nitrogens is 4. The lowest BCUT2D eigenvalue weighted by atomic mass is 10.1. The molecule has 0 bridgehead atoms. The third-order valence-electron chi connectivity index (χ3n) is 4.55. The Morgan fingerprint density at radius 2 is 2.31 bits per heavy atom. The number of ether oxygens (including phenoxy) is 1. The van der Waals surface area contributed by atoms with Crippen LogP contribution in [0.3, 0.4) is 0 Å². The summed E-state index contributed by atoms with van der Waals surface area (Å²) in [5, 5.41) is 13.3. The van der Waals surface area contributed by atoms with Gasteiger partial charge in [-0.1, -0.05) is 30.0 Å². The van der Waals surface area contributed by atoms with Gasteiger partial charge in [0.15, 0.2) is 11.0 Å². The molecule has 7 nitrogen and oxygen atoms in total. The highest BCUT2D eigenvalue weighted by Crippen LogP contribution is 2.29. The van der Waals surface area contributed by atoms with Crippen LogP contribution in [0.2, 0.25) is 0 Å². The van der Waals surface area contributed by atoms with Gasteiger partial charge in [0.1, 0.15) is 0 Å². The van der Waals surface area contributed by atoms with Crippen molar-refractivity contribution in [2.24, 2.45) is 7.05 Å². The number of carbonyl (C=O) groups excluding carboxylic acids is 1. The van der Waals surface area contributed by atoms with Crippen LogP contribution >= 0.6 is 11.8 Å². The Morgan fingerprint density at radius 3 is 3.15 bits per heavy atom. The fraction of sp³-hybridized carbons (Fsp3) is 0.389. The van der Waals surface area contributed by atoms with E-state index in [-0.39, 0.29) is 12.0 Å². The van der Waals surface area contributed by atoms with Crippen LogP contribution in [0.15, 0.2) is 35.6 Å². The molecule has 0 spiro atoms. The van der Waals surface area contributed by atoms with Crippen LogP contribution in [0.25, 0.3) is 22.3 Å². The normalized spacial score (nSPS) is 17.0. The molecule has 1 fully saturated rings. The second-order valence-corrected chi connectivity index (χ2v) is 7.28. The minimum atomic E-state index is -0.0119. The zero-order valence-electron chi connectivity index (χ0n) is 14.6. The Kier molecular flexibility index (Phi) is 4.94. The Balaban J connectivity index is 1.40. The first-order chi connectivity index (χ1) is 12.7. The van der Waals surface area contributed by atoms with Gasteiger partial charge in [-0.25, -0.2) is 0 Å².